The summed E-state index contributed by atoms with van der Waals surface area (Å²) in [6, 6.07) is 0. The van der Waals surface area contributed by atoms with Crippen LogP contribution in [-0.2, 0) is 33.3 Å². The van der Waals surface area contributed by atoms with Crippen molar-refractivity contribution in [2.75, 3.05) is 20.8 Å². The van der Waals surface area contributed by atoms with E-state index in [4.69, 9.17) is 14.2 Å². The highest BCUT2D eigenvalue weighted by molar-refractivity contribution is 5.86. The van der Waals surface area contributed by atoms with Gasteiger partial charge in [-0.3, -0.25) is 19.1 Å². The summed E-state index contributed by atoms with van der Waals surface area (Å²) in [5.74, 6) is -1.31. The predicted octanol–water partition coefficient (Wildman–Crippen LogP) is -0.275. The molecular formula is C17H20N2O10. The van der Waals surface area contributed by atoms with Crippen molar-refractivity contribution in [1.29, 1.82) is 0 Å². The van der Waals surface area contributed by atoms with Crippen molar-refractivity contribution in [1.82, 2.24) is 9.55 Å². The fraction of sp³-hybridized carbons (Fsp3) is 0.471. The number of esters is 2. The van der Waals surface area contributed by atoms with Crippen LogP contribution in [0.5, 0.6) is 0 Å². The Morgan fingerprint density at radius 1 is 1.28 bits per heavy atom. The second-order valence-electron chi connectivity index (χ2n) is 5.90. The van der Waals surface area contributed by atoms with Crippen LogP contribution in [0.1, 0.15) is 25.1 Å². The number of nitrogens with zero attached hydrogens (tertiary/aromatic N) is 1. The van der Waals surface area contributed by atoms with E-state index in [0.717, 1.165) is 30.0 Å². The Labute approximate surface area is 164 Å². The van der Waals surface area contributed by atoms with E-state index < -0.39 is 47.8 Å². The number of carbonyl (C=O) groups excluding carboxylic acids is 3. The van der Waals surface area contributed by atoms with Gasteiger partial charge in [0, 0.05) is 25.6 Å². The first kappa shape index (κ1) is 21.9. The molecule has 158 valence electrons. The van der Waals surface area contributed by atoms with Crippen LogP contribution in [0.4, 0.5) is 4.79 Å². The number of hydrogen-bond acceptors (Lipinski definition) is 10. The Balaban J connectivity index is 2.32. The Hall–Kier alpha value is -3.41. The molecule has 1 aliphatic heterocycles. The lowest BCUT2D eigenvalue weighted by Crippen LogP contribution is -2.37. The fourth-order valence-corrected chi connectivity index (χ4v) is 2.64. The number of carbonyl (C=O) groups is 3. The number of aromatic nitrogens is 2. The summed E-state index contributed by atoms with van der Waals surface area (Å²) < 4.78 is 25.6. The van der Waals surface area contributed by atoms with Crippen LogP contribution in [0.15, 0.2) is 21.9 Å². The Kier molecular flexibility index (Phi) is 7.31. The van der Waals surface area contributed by atoms with Gasteiger partial charge >= 0.3 is 23.8 Å². The van der Waals surface area contributed by atoms with Crippen LogP contribution in [0.25, 0.3) is 6.08 Å². The maximum atomic E-state index is 12.3. The van der Waals surface area contributed by atoms with Crippen molar-refractivity contribution in [3.8, 4) is 0 Å². The second kappa shape index (κ2) is 9.68. The van der Waals surface area contributed by atoms with Gasteiger partial charge in [-0.15, -0.1) is 0 Å². The lowest BCUT2D eigenvalue weighted by atomic mass is 10.2. The van der Waals surface area contributed by atoms with Gasteiger partial charge in [0.2, 0.25) is 0 Å². The van der Waals surface area contributed by atoms with Gasteiger partial charge in [-0.1, -0.05) is 0 Å². The first-order valence-electron chi connectivity index (χ1n) is 8.40. The van der Waals surface area contributed by atoms with E-state index in [-0.39, 0.29) is 18.6 Å². The second-order valence-corrected chi connectivity index (χ2v) is 5.90. The van der Waals surface area contributed by atoms with Crippen molar-refractivity contribution in [2.24, 2.45) is 0 Å². The number of methoxy groups -OCH3 is 2. The lowest BCUT2D eigenvalue weighted by molar-refractivity contribution is -0.152. The molecule has 0 spiro atoms. The van der Waals surface area contributed by atoms with E-state index in [1.807, 2.05) is 0 Å². The van der Waals surface area contributed by atoms with Gasteiger partial charge in [-0.05, 0) is 6.08 Å². The molecule has 0 bridgehead atoms. The number of nitrogens with one attached hydrogen (secondary N) is 1. The van der Waals surface area contributed by atoms with Gasteiger partial charge in [0.15, 0.2) is 6.23 Å². The van der Waals surface area contributed by atoms with E-state index in [0.29, 0.717) is 0 Å². The summed E-state index contributed by atoms with van der Waals surface area (Å²) >= 11 is 0. The molecule has 0 radical (unpaired) electrons. The first-order valence-corrected chi connectivity index (χ1v) is 8.40. The average Bonchev–Trinajstić information content (AvgIpc) is 3.06. The summed E-state index contributed by atoms with van der Waals surface area (Å²) in [4.78, 5) is 60.2. The number of ether oxygens (including phenoxy) is 5. The Bertz CT molecular complexity index is 916. The number of aromatic amines is 1. The highest BCUT2D eigenvalue weighted by atomic mass is 16.7. The van der Waals surface area contributed by atoms with Crippen molar-refractivity contribution >= 4 is 24.2 Å². The summed E-state index contributed by atoms with van der Waals surface area (Å²) in [5, 5.41) is 0. The maximum Gasteiger partial charge on any atom is 0.508 e. The molecule has 12 heteroatoms. The molecule has 1 fully saturated rings. The zero-order valence-electron chi connectivity index (χ0n) is 15.9. The minimum atomic E-state index is -1.10. The lowest BCUT2D eigenvalue weighted by Gasteiger charge is -2.20. The van der Waals surface area contributed by atoms with Crippen molar-refractivity contribution in [2.45, 2.75) is 31.8 Å². The quantitative estimate of drug-likeness (QED) is 0.375. The van der Waals surface area contributed by atoms with E-state index >= 15 is 0 Å². The first-order chi connectivity index (χ1) is 13.7. The fourth-order valence-electron chi connectivity index (χ4n) is 2.64. The van der Waals surface area contributed by atoms with E-state index in [1.54, 1.807) is 0 Å². The molecule has 29 heavy (non-hydrogen) atoms. The van der Waals surface area contributed by atoms with E-state index in [9.17, 15) is 24.0 Å². The minimum absolute atomic E-state index is 0.0329. The molecule has 0 amide bonds. The Morgan fingerprint density at radius 2 is 2.00 bits per heavy atom. The van der Waals surface area contributed by atoms with Crippen molar-refractivity contribution in [3.63, 3.8) is 0 Å². The number of H-pyrrole nitrogens is 1. The zero-order valence-corrected chi connectivity index (χ0v) is 15.9. The molecule has 1 aliphatic rings. The molecule has 0 aromatic carbocycles. The summed E-state index contributed by atoms with van der Waals surface area (Å²) in [6.45, 7) is 0.990. The maximum absolute atomic E-state index is 12.3. The molecule has 2 heterocycles. The zero-order chi connectivity index (χ0) is 21.6. The molecular weight excluding hydrogens is 392 g/mol. The minimum Gasteiger partial charge on any atom is -0.466 e. The molecule has 1 aromatic rings. The van der Waals surface area contributed by atoms with Crippen LogP contribution in [0, 0.1) is 0 Å². The van der Waals surface area contributed by atoms with Gasteiger partial charge < -0.3 is 23.7 Å². The third-order valence-corrected chi connectivity index (χ3v) is 3.89. The number of rotatable bonds is 6. The standard InChI is InChI=1S/C17H20N2O10/c1-9(20)28-12-6-11(8-27-17(24)26-3)29-15(12)19-7-10(4-5-13(21)25-2)14(22)18-16(19)23/h4-5,7,11-12,15H,6,8H2,1-3H3,(H,18,22,23)/t11-,12+,15+/m0/s1. The van der Waals surface area contributed by atoms with E-state index in [1.165, 1.54) is 14.0 Å². The summed E-state index contributed by atoms with van der Waals surface area (Å²) in [7, 11) is 2.32. The van der Waals surface area contributed by atoms with Gasteiger partial charge in [-0.2, -0.15) is 0 Å². The molecule has 0 unspecified atom stereocenters. The molecule has 1 saturated heterocycles. The molecule has 0 saturated carbocycles. The van der Waals surface area contributed by atoms with Gasteiger partial charge in [0.25, 0.3) is 5.56 Å². The molecule has 12 nitrogen and oxygen atoms in total. The predicted molar refractivity (Wildman–Crippen MR) is 94.8 cm³/mol. The number of hydrogen-bond donors (Lipinski definition) is 1. The third kappa shape index (κ3) is 5.78. The summed E-state index contributed by atoms with van der Waals surface area (Å²) in [6.07, 6.45) is -0.154. The topological polar surface area (TPSA) is 152 Å². The monoisotopic (exact) mass is 412 g/mol. The molecule has 2 rings (SSSR count). The smallest absolute Gasteiger partial charge is 0.466 e. The SMILES string of the molecule is COC(=O)C=Cc1cn([C@@H]2O[C@H](COC(=O)OC)C[C@H]2OC(C)=O)c(=O)[nH]c1=O. The summed E-state index contributed by atoms with van der Waals surface area (Å²) in [5.41, 5.74) is -1.59. The molecule has 3 atom stereocenters. The van der Waals surface area contributed by atoms with Crippen LogP contribution in [0.2, 0.25) is 0 Å². The third-order valence-electron chi connectivity index (χ3n) is 3.89. The van der Waals surface area contributed by atoms with Gasteiger partial charge in [0.05, 0.1) is 25.9 Å². The van der Waals surface area contributed by atoms with E-state index in [2.05, 4.69) is 14.5 Å². The molecule has 1 N–H and O–H groups in total. The highest BCUT2D eigenvalue weighted by Crippen LogP contribution is 2.30. The molecule has 1 aromatic heterocycles. The highest BCUT2D eigenvalue weighted by Gasteiger charge is 2.40. The van der Waals surface area contributed by atoms with Gasteiger partial charge in [-0.25, -0.2) is 14.4 Å². The van der Waals surface area contributed by atoms with Crippen LogP contribution >= 0.6 is 0 Å². The van der Waals surface area contributed by atoms with Crippen molar-refractivity contribution < 1.29 is 38.1 Å². The van der Waals surface area contributed by atoms with Gasteiger partial charge in [0.1, 0.15) is 12.7 Å². The largest absolute Gasteiger partial charge is 0.508 e. The van der Waals surface area contributed by atoms with Crippen LogP contribution in [0.3, 0.4) is 0 Å². The average molecular weight is 412 g/mol. The van der Waals surface area contributed by atoms with Crippen LogP contribution in [-0.4, -0.2) is 60.7 Å². The molecule has 0 aliphatic carbocycles. The van der Waals surface area contributed by atoms with Crippen LogP contribution < -0.4 is 11.2 Å². The normalized spacial score (nSPS) is 21.0. The Morgan fingerprint density at radius 3 is 2.62 bits per heavy atom. The van der Waals surface area contributed by atoms with Crippen molar-refractivity contribution in [3.05, 3.63) is 38.7 Å².